The molecule has 1 rings (SSSR count). The topological polar surface area (TPSA) is 58.6 Å². The van der Waals surface area contributed by atoms with E-state index in [-0.39, 0.29) is 0 Å². The Morgan fingerprint density at radius 2 is 1.95 bits per heavy atom. The maximum absolute atomic E-state index is 11.4. The zero-order valence-electron chi connectivity index (χ0n) is 12.6. The van der Waals surface area contributed by atoms with Gasteiger partial charge < -0.3 is 9.84 Å². The summed E-state index contributed by atoms with van der Waals surface area (Å²) >= 11 is 0. The maximum atomic E-state index is 11.4. The van der Waals surface area contributed by atoms with Crippen LogP contribution < -0.4 is 5.32 Å². The van der Waals surface area contributed by atoms with Gasteiger partial charge in [0, 0.05) is 0 Å². The van der Waals surface area contributed by atoms with Crippen molar-refractivity contribution in [1.82, 2.24) is 5.32 Å². The third kappa shape index (κ3) is 8.09. The number of rotatable bonds is 5. The lowest BCUT2D eigenvalue weighted by Crippen LogP contribution is -2.39. The minimum absolute atomic E-state index is 0.522. The van der Waals surface area contributed by atoms with Crippen molar-refractivity contribution in [3.63, 3.8) is 0 Å². The molecule has 0 heterocycles. The summed E-state index contributed by atoms with van der Waals surface area (Å²) < 4.78 is 5.09. The molecule has 0 radical (unpaired) electrons. The van der Waals surface area contributed by atoms with Crippen LogP contribution in [0.3, 0.4) is 0 Å². The molecule has 4 heteroatoms. The predicted molar refractivity (Wildman–Crippen MR) is 75.8 cm³/mol. The van der Waals surface area contributed by atoms with Crippen molar-refractivity contribution in [2.24, 2.45) is 5.92 Å². The SMILES string of the molecule is CC(C)(C)OC(=O)NC(O)CCCC1CCCCC1. The van der Waals surface area contributed by atoms with Gasteiger partial charge in [0.25, 0.3) is 0 Å². The third-order valence-electron chi connectivity index (χ3n) is 3.50. The molecule has 112 valence electrons. The number of amides is 1. The zero-order chi connectivity index (χ0) is 14.3. The molecule has 1 amide bonds. The second-order valence-electron chi connectivity index (χ2n) is 6.60. The highest BCUT2D eigenvalue weighted by atomic mass is 16.6. The third-order valence-corrected chi connectivity index (χ3v) is 3.50. The standard InChI is InChI=1S/C15H29NO3/c1-15(2,3)19-14(18)16-13(17)11-7-10-12-8-5-4-6-9-12/h12-13,17H,4-11H2,1-3H3,(H,16,18). The van der Waals surface area contributed by atoms with Crippen molar-refractivity contribution < 1.29 is 14.6 Å². The first-order valence-corrected chi connectivity index (χ1v) is 7.54. The average molecular weight is 271 g/mol. The maximum Gasteiger partial charge on any atom is 0.409 e. The van der Waals surface area contributed by atoms with Crippen molar-refractivity contribution in [3.05, 3.63) is 0 Å². The molecular weight excluding hydrogens is 242 g/mol. The second kappa shape index (κ2) is 7.73. The Labute approximate surface area is 116 Å². The Hall–Kier alpha value is -0.770. The summed E-state index contributed by atoms with van der Waals surface area (Å²) in [6.45, 7) is 5.42. The van der Waals surface area contributed by atoms with Crippen molar-refractivity contribution in [2.75, 3.05) is 0 Å². The Bertz CT molecular complexity index is 267. The summed E-state index contributed by atoms with van der Waals surface area (Å²) in [5.41, 5.74) is -0.522. The minimum atomic E-state index is -0.793. The molecule has 1 aliphatic rings. The molecule has 19 heavy (non-hydrogen) atoms. The van der Waals surface area contributed by atoms with Gasteiger partial charge in [-0.05, 0) is 39.5 Å². The smallest absolute Gasteiger partial charge is 0.409 e. The van der Waals surface area contributed by atoms with Crippen LogP contribution in [0, 0.1) is 5.92 Å². The van der Waals surface area contributed by atoms with Gasteiger partial charge in [-0.25, -0.2) is 4.79 Å². The minimum Gasteiger partial charge on any atom is -0.444 e. The van der Waals surface area contributed by atoms with Crippen LogP contribution in [-0.2, 0) is 4.74 Å². The molecule has 2 N–H and O–H groups in total. The molecule has 1 aliphatic carbocycles. The van der Waals surface area contributed by atoms with E-state index < -0.39 is 17.9 Å². The lowest BCUT2D eigenvalue weighted by atomic mass is 9.86. The number of carbonyl (C=O) groups is 1. The molecule has 0 aromatic carbocycles. The molecule has 0 aromatic rings. The van der Waals surface area contributed by atoms with Gasteiger partial charge in [-0.3, -0.25) is 5.32 Å². The van der Waals surface area contributed by atoms with Crippen LogP contribution in [0.1, 0.15) is 72.1 Å². The van der Waals surface area contributed by atoms with Gasteiger partial charge in [0.2, 0.25) is 0 Å². The summed E-state index contributed by atoms with van der Waals surface area (Å²) in [4.78, 5) is 11.4. The molecule has 1 saturated carbocycles. The fourth-order valence-corrected chi connectivity index (χ4v) is 2.59. The highest BCUT2D eigenvalue weighted by molar-refractivity contribution is 5.67. The van der Waals surface area contributed by atoms with Crippen molar-refractivity contribution in [3.8, 4) is 0 Å². The van der Waals surface area contributed by atoms with E-state index in [0.717, 1.165) is 18.8 Å². The van der Waals surface area contributed by atoms with Gasteiger partial charge in [0.05, 0.1) is 0 Å². The van der Waals surface area contributed by atoms with E-state index in [0.29, 0.717) is 6.42 Å². The first-order valence-electron chi connectivity index (χ1n) is 7.54. The summed E-state index contributed by atoms with van der Waals surface area (Å²) in [7, 11) is 0. The Kier molecular flexibility index (Phi) is 6.63. The number of ether oxygens (including phenoxy) is 1. The fraction of sp³-hybridized carbons (Fsp3) is 0.933. The van der Waals surface area contributed by atoms with Crippen LogP contribution in [0.2, 0.25) is 0 Å². The van der Waals surface area contributed by atoms with Gasteiger partial charge in [0.1, 0.15) is 11.8 Å². The van der Waals surface area contributed by atoms with E-state index in [1.807, 2.05) is 20.8 Å². The van der Waals surface area contributed by atoms with Crippen molar-refractivity contribution in [1.29, 1.82) is 0 Å². The Morgan fingerprint density at radius 3 is 2.53 bits per heavy atom. The molecule has 4 nitrogen and oxygen atoms in total. The molecule has 0 spiro atoms. The van der Waals surface area contributed by atoms with Crippen LogP contribution in [-0.4, -0.2) is 23.0 Å². The Balaban J connectivity index is 2.10. The average Bonchev–Trinajstić information content (AvgIpc) is 2.27. The number of aliphatic hydroxyl groups is 1. The molecule has 0 bridgehead atoms. The summed E-state index contributed by atoms with van der Waals surface area (Å²) in [5, 5.41) is 12.2. The van der Waals surface area contributed by atoms with Gasteiger partial charge in [-0.15, -0.1) is 0 Å². The molecule has 0 saturated heterocycles. The van der Waals surface area contributed by atoms with Gasteiger partial charge in [-0.1, -0.05) is 38.5 Å². The van der Waals surface area contributed by atoms with Gasteiger partial charge in [0.15, 0.2) is 0 Å². The predicted octanol–water partition coefficient (Wildman–Crippen LogP) is 3.58. The van der Waals surface area contributed by atoms with Crippen LogP contribution in [0.25, 0.3) is 0 Å². The molecule has 1 unspecified atom stereocenters. The first-order chi connectivity index (χ1) is 8.87. The lowest BCUT2D eigenvalue weighted by molar-refractivity contribution is 0.0338. The van der Waals surface area contributed by atoms with Crippen LogP contribution in [0.5, 0.6) is 0 Å². The van der Waals surface area contributed by atoms with Crippen LogP contribution in [0.15, 0.2) is 0 Å². The van der Waals surface area contributed by atoms with Crippen LogP contribution in [0.4, 0.5) is 4.79 Å². The van der Waals surface area contributed by atoms with Gasteiger partial charge >= 0.3 is 6.09 Å². The molecule has 0 aliphatic heterocycles. The van der Waals surface area contributed by atoms with Crippen molar-refractivity contribution in [2.45, 2.75) is 84.0 Å². The van der Waals surface area contributed by atoms with Crippen LogP contribution >= 0.6 is 0 Å². The quantitative estimate of drug-likeness (QED) is 0.751. The number of hydrogen-bond acceptors (Lipinski definition) is 3. The number of alkyl carbamates (subject to hydrolysis) is 1. The Morgan fingerprint density at radius 1 is 1.32 bits per heavy atom. The van der Waals surface area contributed by atoms with E-state index in [1.54, 1.807) is 0 Å². The number of aliphatic hydroxyl groups excluding tert-OH is 1. The number of carbonyl (C=O) groups excluding carboxylic acids is 1. The van der Waals surface area contributed by atoms with E-state index in [2.05, 4.69) is 5.32 Å². The molecule has 1 atom stereocenters. The van der Waals surface area contributed by atoms with E-state index >= 15 is 0 Å². The largest absolute Gasteiger partial charge is 0.444 e. The first kappa shape index (κ1) is 16.3. The monoisotopic (exact) mass is 271 g/mol. The normalized spacial score (nSPS) is 18.9. The lowest BCUT2D eigenvalue weighted by Gasteiger charge is -2.23. The van der Waals surface area contributed by atoms with Crippen molar-refractivity contribution >= 4 is 6.09 Å². The molecule has 0 aromatic heterocycles. The highest BCUT2D eigenvalue weighted by Crippen LogP contribution is 2.27. The summed E-state index contributed by atoms with van der Waals surface area (Å²) in [6, 6.07) is 0. The summed E-state index contributed by atoms with van der Waals surface area (Å²) in [6.07, 6.45) is 8.12. The molecular formula is C15H29NO3. The summed E-state index contributed by atoms with van der Waals surface area (Å²) in [5.74, 6) is 0.822. The zero-order valence-corrected chi connectivity index (χ0v) is 12.6. The molecule has 1 fully saturated rings. The van der Waals surface area contributed by atoms with E-state index in [4.69, 9.17) is 4.74 Å². The highest BCUT2D eigenvalue weighted by Gasteiger charge is 2.19. The van der Waals surface area contributed by atoms with E-state index in [1.165, 1.54) is 32.1 Å². The van der Waals surface area contributed by atoms with E-state index in [9.17, 15) is 9.90 Å². The second-order valence-corrected chi connectivity index (χ2v) is 6.60. The number of hydrogen-bond donors (Lipinski definition) is 2. The number of nitrogens with one attached hydrogen (secondary N) is 1. The van der Waals surface area contributed by atoms with Gasteiger partial charge in [-0.2, -0.15) is 0 Å². The fourth-order valence-electron chi connectivity index (χ4n) is 2.59.